The number of aliphatic hydroxyl groups is 1. The van der Waals surface area contributed by atoms with E-state index in [-0.39, 0.29) is 12.6 Å². The van der Waals surface area contributed by atoms with Crippen LogP contribution in [0.5, 0.6) is 0 Å². The van der Waals surface area contributed by atoms with E-state index in [9.17, 15) is 0 Å². The van der Waals surface area contributed by atoms with Gasteiger partial charge in [-0.25, -0.2) is 0 Å². The van der Waals surface area contributed by atoms with Gasteiger partial charge in [-0.3, -0.25) is 0 Å². The van der Waals surface area contributed by atoms with Crippen LogP contribution in [-0.2, 0) is 0 Å². The molecule has 0 aliphatic carbocycles. The van der Waals surface area contributed by atoms with Crippen LogP contribution in [-0.4, -0.2) is 18.8 Å². The summed E-state index contributed by atoms with van der Waals surface area (Å²) in [6, 6.07) is 5.50. The summed E-state index contributed by atoms with van der Waals surface area (Å²) in [4.78, 5) is 0. The van der Waals surface area contributed by atoms with E-state index in [2.05, 4.69) is 21.2 Å². The van der Waals surface area contributed by atoms with Gasteiger partial charge in [-0.05, 0) is 24.7 Å². The third kappa shape index (κ3) is 2.43. The molecule has 0 aromatic heterocycles. The molecule has 1 rings (SSSR count). The number of anilines is 1. The van der Waals surface area contributed by atoms with Gasteiger partial charge >= 0.3 is 0 Å². The van der Waals surface area contributed by atoms with E-state index in [1.54, 1.807) is 0 Å². The largest absolute Gasteiger partial charge is 0.399 e. The first-order chi connectivity index (χ1) is 6.19. The third-order valence-corrected chi connectivity index (χ3v) is 2.62. The molecule has 4 heteroatoms. The Bertz CT molecular complexity index is 287. The zero-order valence-corrected chi connectivity index (χ0v) is 9.01. The van der Waals surface area contributed by atoms with Gasteiger partial charge in [0, 0.05) is 10.2 Å². The van der Waals surface area contributed by atoms with Crippen LogP contribution in [0.3, 0.4) is 0 Å². The second-order valence-electron chi connectivity index (χ2n) is 2.80. The second-order valence-corrected chi connectivity index (χ2v) is 3.66. The molecule has 1 atom stereocenters. The Labute approximate surface area is 86.1 Å². The summed E-state index contributed by atoms with van der Waals surface area (Å²) in [5, 5.41) is 12.1. The molecule has 0 saturated heterocycles. The highest BCUT2D eigenvalue weighted by Crippen LogP contribution is 2.25. The standard InChI is InChI=1S/C9H13BrN2O/c1-12-9(5-13)7-3-2-6(11)4-8(7)10/h2-4,9,12-13H,5,11H2,1H3/t9-/m0/s1. The van der Waals surface area contributed by atoms with Crippen LogP contribution in [0.4, 0.5) is 5.69 Å². The van der Waals surface area contributed by atoms with Crippen LogP contribution in [0.15, 0.2) is 22.7 Å². The lowest BCUT2D eigenvalue weighted by atomic mass is 10.1. The summed E-state index contributed by atoms with van der Waals surface area (Å²) in [6.07, 6.45) is 0. The molecule has 4 N–H and O–H groups in total. The maximum absolute atomic E-state index is 9.06. The maximum Gasteiger partial charge on any atom is 0.0626 e. The monoisotopic (exact) mass is 244 g/mol. The minimum absolute atomic E-state index is 0.0463. The molecular formula is C9H13BrN2O. The molecule has 3 nitrogen and oxygen atoms in total. The summed E-state index contributed by atoms with van der Waals surface area (Å²) in [7, 11) is 1.81. The minimum atomic E-state index is -0.0463. The van der Waals surface area contributed by atoms with Crippen molar-refractivity contribution in [2.24, 2.45) is 0 Å². The number of nitrogens with two attached hydrogens (primary N) is 1. The van der Waals surface area contributed by atoms with Crippen molar-refractivity contribution < 1.29 is 5.11 Å². The summed E-state index contributed by atoms with van der Waals surface area (Å²) in [5.74, 6) is 0. The Balaban J connectivity index is 2.99. The molecule has 0 aliphatic heterocycles. The Morgan fingerprint density at radius 1 is 1.62 bits per heavy atom. The summed E-state index contributed by atoms with van der Waals surface area (Å²) >= 11 is 3.40. The van der Waals surface area contributed by atoms with Crippen LogP contribution in [0.25, 0.3) is 0 Å². The molecule has 0 aliphatic rings. The van der Waals surface area contributed by atoms with Gasteiger partial charge in [0.05, 0.1) is 12.6 Å². The Morgan fingerprint density at radius 3 is 2.77 bits per heavy atom. The molecule has 0 unspecified atom stereocenters. The summed E-state index contributed by atoms with van der Waals surface area (Å²) in [5.41, 5.74) is 7.32. The average Bonchev–Trinajstić information content (AvgIpc) is 2.10. The molecule has 0 fully saturated rings. The zero-order chi connectivity index (χ0) is 9.84. The third-order valence-electron chi connectivity index (χ3n) is 1.93. The van der Waals surface area contributed by atoms with Gasteiger partial charge in [-0.2, -0.15) is 0 Å². The summed E-state index contributed by atoms with van der Waals surface area (Å²) in [6.45, 7) is 0.0685. The fraction of sp³-hybridized carbons (Fsp3) is 0.333. The average molecular weight is 245 g/mol. The van der Waals surface area contributed by atoms with Crippen molar-refractivity contribution in [2.45, 2.75) is 6.04 Å². The molecule has 1 aromatic carbocycles. The Hall–Kier alpha value is -0.580. The van der Waals surface area contributed by atoms with Gasteiger partial charge in [0.1, 0.15) is 0 Å². The van der Waals surface area contributed by atoms with Crippen LogP contribution in [0.1, 0.15) is 11.6 Å². The Kier molecular flexibility index (Phi) is 3.71. The van der Waals surface area contributed by atoms with Crippen molar-refractivity contribution >= 4 is 21.6 Å². The van der Waals surface area contributed by atoms with Gasteiger partial charge in [0.15, 0.2) is 0 Å². The zero-order valence-electron chi connectivity index (χ0n) is 7.42. The topological polar surface area (TPSA) is 58.3 Å². The fourth-order valence-corrected chi connectivity index (χ4v) is 1.84. The van der Waals surface area contributed by atoms with Gasteiger partial charge in [-0.1, -0.05) is 22.0 Å². The highest BCUT2D eigenvalue weighted by atomic mass is 79.9. The van der Waals surface area contributed by atoms with E-state index in [4.69, 9.17) is 10.8 Å². The van der Waals surface area contributed by atoms with Crippen molar-refractivity contribution in [3.8, 4) is 0 Å². The number of aliphatic hydroxyl groups excluding tert-OH is 1. The van der Waals surface area contributed by atoms with Crippen molar-refractivity contribution in [3.63, 3.8) is 0 Å². The smallest absolute Gasteiger partial charge is 0.0626 e. The number of likely N-dealkylation sites (N-methyl/N-ethyl adjacent to an activating group) is 1. The van der Waals surface area contributed by atoms with Gasteiger partial charge in [0.2, 0.25) is 0 Å². The number of benzene rings is 1. The molecule has 13 heavy (non-hydrogen) atoms. The van der Waals surface area contributed by atoms with E-state index in [1.165, 1.54) is 0 Å². The van der Waals surface area contributed by atoms with Gasteiger partial charge in [-0.15, -0.1) is 0 Å². The molecule has 0 radical (unpaired) electrons. The SMILES string of the molecule is CN[C@@H](CO)c1ccc(N)cc1Br. The van der Waals surface area contributed by atoms with E-state index in [0.717, 1.165) is 10.0 Å². The molecule has 0 spiro atoms. The van der Waals surface area contributed by atoms with Crippen molar-refractivity contribution in [3.05, 3.63) is 28.2 Å². The highest BCUT2D eigenvalue weighted by molar-refractivity contribution is 9.10. The van der Waals surface area contributed by atoms with E-state index >= 15 is 0 Å². The quantitative estimate of drug-likeness (QED) is 0.703. The molecule has 0 bridgehead atoms. The first-order valence-electron chi connectivity index (χ1n) is 4.02. The van der Waals surface area contributed by atoms with Crippen LogP contribution < -0.4 is 11.1 Å². The predicted octanol–water partition coefficient (Wildman–Crippen LogP) is 1.28. The highest BCUT2D eigenvalue weighted by Gasteiger charge is 2.10. The normalized spacial score (nSPS) is 12.8. The number of nitrogen functional groups attached to an aromatic ring is 1. The number of hydrogen-bond acceptors (Lipinski definition) is 3. The molecule has 0 heterocycles. The van der Waals surface area contributed by atoms with E-state index in [1.807, 2.05) is 25.2 Å². The van der Waals surface area contributed by atoms with Crippen molar-refractivity contribution in [1.29, 1.82) is 0 Å². The van der Waals surface area contributed by atoms with Gasteiger partial charge in [0.25, 0.3) is 0 Å². The van der Waals surface area contributed by atoms with Gasteiger partial charge < -0.3 is 16.2 Å². The predicted molar refractivity (Wildman–Crippen MR) is 57.4 cm³/mol. The lowest BCUT2D eigenvalue weighted by molar-refractivity contribution is 0.250. The molecule has 0 amide bonds. The first-order valence-corrected chi connectivity index (χ1v) is 4.81. The van der Waals surface area contributed by atoms with Crippen LogP contribution >= 0.6 is 15.9 Å². The van der Waals surface area contributed by atoms with Crippen LogP contribution in [0.2, 0.25) is 0 Å². The first kappa shape index (κ1) is 10.5. The number of rotatable bonds is 3. The molecule has 0 saturated carbocycles. The maximum atomic E-state index is 9.06. The number of nitrogens with one attached hydrogen (secondary N) is 1. The lowest BCUT2D eigenvalue weighted by Crippen LogP contribution is -2.20. The lowest BCUT2D eigenvalue weighted by Gasteiger charge is -2.15. The van der Waals surface area contributed by atoms with E-state index in [0.29, 0.717) is 5.69 Å². The second kappa shape index (κ2) is 4.60. The molecular weight excluding hydrogens is 232 g/mol. The number of hydrogen-bond donors (Lipinski definition) is 3. The molecule has 72 valence electrons. The van der Waals surface area contributed by atoms with E-state index < -0.39 is 0 Å². The molecule has 1 aromatic rings. The summed E-state index contributed by atoms with van der Waals surface area (Å²) < 4.78 is 0.918. The Morgan fingerprint density at radius 2 is 2.31 bits per heavy atom. The minimum Gasteiger partial charge on any atom is -0.399 e. The van der Waals surface area contributed by atoms with Crippen molar-refractivity contribution in [1.82, 2.24) is 5.32 Å². The van der Waals surface area contributed by atoms with Crippen molar-refractivity contribution in [2.75, 3.05) is 19.4 Å². The number of halogens is 1. The fourth-order valence-electron chi connectivity index (χ4n) is 1.17. The van der Waals surface area contributed by atoms with Crippen LogP contribution in [0, 0.1) is 0 Å².